The summed E-state index contributed by atoms with van der Waals surface area (Å²) in [5, 5.41) is 0. The van der Waals surface area contributed by atoms with Gasteiger partial charge in [0, 0.05) is 25.9 Å². The van der Waals surface area contributed by atoms with Gasteiger partial charge in [0.1, 0.15) is 0 Å². The molecule has 0 atom stereocenters. The highest BCUT2D eigenvalue weighted by Crippen LogP contribution is 2.16. The number of rotatable bonds is 9. The molecule has 0 radical (unpaired) electrons. The second-order valence-corrected chi connectivity index (χ2v) is 8.12. The molecule has 0 spiro atoms. The summed E-state index contributed by atoms with van der Waals surface area (Å²) in [6, 6.07) is 9.75. The van der Waals surface area contributed by atoms with E-state index in [1.165, 1.54) is 38.5 Å². The highest BCUT2D eigenvalue weighted by molar-refractivity contribution is 6.23. The van der Waals surface area contributed by atoms with Crippen molar-refractivity contribution < 1.29 is 9.59 Å². The van der Waals surface area contributed by atoms with Gasteiger partial charge in [-0.3, -0.25) is 9.59 Å². The molecule has 2 aliphatic rings. The summed E-state index contributed by atoms with van der Waals surface area (Å²) in [6.45, 7) is 5.85. The van der Waals surface area contributed by atoms with Gasteiger partial charge < -0.3 is 9.80 Å². The third-order valence-corrected chi connectivity index (χ3v) is 5.92. The van der Waals surface area contributed by atoms with Gasteiger partial charge in [-0.1, -0.05) is 43.2 Å². The van der Waals surface area contributed by atoms with E-state index in [0.29, 0.717) is 18.4 Å². The van der Waals surface area contributed by atoms with Crippen LogP contribution in [0.25, 0.3) is 6.08 Å². The summed E-state index contributed by atoms with van der Waals surface area (Å²) in [5.74, 6) is -0.00357. The average molecular weight is 419 g/mol. The normalized spacial score (nSPS) is 17.9. The fourth-order valence-electron chi connectivity index (χ4n) is 4.19. The predicted octanol–water partition coefficient (Wildman–Crippen LogP) is 4.38. The van der Waals surface area contributed by atoms with E-state index >= 15 is 0 Å². The highest BCUT2D eigenvalue weighted by atomic mass is 35.5. The fourth-order valence-corrected chi connectivity index (χ4v) is 4.19. The number of ketones is 2. The number of allylic oxidation sites excluding steroid dienone is 1. The Hall–Kier alpha value is -1.49. The maximum atomic E-state index is 13.0. The number of carbonyl (C=O) groups excluding carboxylic acids is 2. The molecule has 0 aromatic heterocycles. The van der Waals surface area contributed by atoms with E-state index in [9.17, 15) is 9.59 Å². The Morgan fingerprint density at radius 2 is 1.17 bits per heavy atom. The van der Waals surface area contributed by atoms with Crippen LogP contribution < -0.4 is 0 Å². The van der Waals surface area contributed by atoms with Crippen molar-refractivity contribution in [2.24, 2.45) is 0 Å². The molecule has 5 heteroatoms. The summed E-state index contributed by atoms with van der Waals surface area (Å²) < 4.78 is 0. The van der Waals surface area contributed by atoms with Gasteiger partial charge in [0.15, 0.2) is 11.6 Å². The van der Waals surface area contributed by atoms with Crippen LogP contribution in [0.15, 0.2) is 35.9 Å². The lowest BCUT2D eigenvalue weighted by Crippen LogP contribution is -2.33. The number of hydrogen-bond acceptors (Lipinski definition) is 4. The Morgan fingerprint density at radius 3 is 1.62 bits per heavy atom. The first kappa shape index (κ1) is 23.8. The maximum Gasteiger partial charge on any atom is 0.167 e. The van der Waals surface area contributed by atoms with Crippen LogP contribution in [0.5, 0.6) is 0 Å². The van der Waals surface area contributed by atoms with Crippen molar-refractivity contribution in [3.05, 3.63) is 41.5 Å². The molecule has 3 rings (SSSR count). The first-order chi connectivity index (χ1) is 13.7. The summed E-state index contributed by atoms with van der Waals surface area (Å²) >= 11 is 0. The number of likely N-dealkylation sites (tertiary alicyclic amines) is 2. The minimum Gasteiger partial charge on any atom is -0.303 e. The van der Waals surface area contributed by atoms with E-state index in [-0.39, 0.29) is 24.0 Å². The monoisotopic (exact) mass is 418 g/mol. The molecule has 2 fully saturated rings. The summed E-state index contributed by atoms with van der Waals surface area (Å²) in [4.78, 5) is 30.6. The van der Waals surface area contributed by atoms with Gasteiger partial charge in [-0.15, -0.1) is 12.4 Å². The fraction of sp³-hybridized carbons (Fsp3) is 0.583. The Bertz CT molecular complexity index is 627. The van der Waals surface area contributed by atoms with Gasteiger partial charge >= 0.3 is 0 Å². The number of carbonyl (C=O) groups is 2. The number of halogens is 1. The Kier molecular flexibility index (Phi) is 10.6. The van der Waals surface area contributed by atoms with Crippen molar-refractivity contribution in [3.8, 4) is 0 Å². The van der Waals surface area contributed by atoms with Crippen LogP contribution in [0.3, 0.4) is 0 Å². The molecule has 2 aliphatic heterocycles. The SMILES string of the molecule is Cl.O=C(CCN1CCCCC1)C(=Cc1ccccc1)C(=O)CCN1CCCCC1. The second-order valence-electron chi connectivity index (χ2n) is 8.12. The number of piperidine rings is 2. The van der Waals surface area contributed by atoms with Gasteiger partial charge in [0.2, 0.25) is 0 Å². The molecule has 0 aliphatic carbocycles. The average Bonchev–Trinajstić information content (AvgIpc) is 2.76. The molecular formula is C24H35ClN2O2. The smallest absolute Gasteiger partial charge is 0.167 e. The van der Waals surface area contributed by atoms with E-state index in [1.807, 2.05) is 30.3 Å². The number of benzene rings is 1. The zero-order valence-electron chi connectivity index (χ0n) is 17.5. The van der Waals surface area contributed by atoms with Crippen molar-refractivity contribution in [2.75, 3.05) is 39.3 Å². The summed E-state index contributed by atoms with van der Waals surface area (Å²) in [6.07, 6.45) is 10.1. The van der Waals surface area contributed by atoms with Crippen molar-refractivity contribution >= 4 is 30.0 Å². The third-order valence-electron chi connectivity index (χ3n) is 5.92. The van der Waals surface area contributed by atoms with E-state index in [0.717, 1.165) is 44.8 Å². The number of Topliss-reactive ketones (excluding diaryl/α,β-unsaturated/α-hetero) is 2. The number of nitrogens with zero attached hydrogens (tertiary/aromatic N) is 2. The van der Waals surface area contributed by atoms with Gasteiger partial charge in [-0.25, -0.2) is 0 Å². The molecule has 4 nitrogen and oxygen atoms in total. The van der Waals surface area contributed by atoms with Crippen LogP contribution in [0.4, 0.5) is 0 Å². The van der Waals surface area contributed by atoms with Crippen molar-refractivity contribution in [1.29, 1.82) is 0 Å². The zero-order valence-corrected chi connectivity index (χ0v) is 18.3. The van der Waals surface area contributed by atoms with Gasteiger partial charge in [-0.2, -0.15) is 0 Å². The molecule has 160 valence electrons. The standard InChI is InChI=1S/C24H34N2O2.ClH/c27-23(12-18-25-14-6-2-7-15-25)22(20-21-10-4-1-5-11-21)24(28)13-19-26-16-8-3-9-17-26;/h1,4-5,10-11,20H,2-3,6-9,12-19H2;1H. The molecule has 0 amide bonds. The summed E-state index contributed by atoms with van der Waals surface area (Å²) in [7, 11) is 0. The first-order valence-corrected chi connectivity index (χ1v) is 11.0. The Morgan fingerprint density at radius 1 is 0.724 bits per heavy atom. The minimum atomic E-state index is -0.00179. The molecule has 0 bridgehead atoms. The van der Waals surface area contributed by atoms with Crippen LogP contribution in [0, 0.1) is 0 Å². The van der Waals surface area contributed by atoms with Crippen LogP contribution in [0.1, 0.15) is 56.9 Å². The van der Waals surface area contributed by atoms with E-state index < -0.39 is 0 Å². The molecule has 0 saturated carbocycles. The van der Waals surface area contributed by atoms with Gasteiger partial charge in [0.05, 0.1) is 5.57 Å². The lowest BCUT2D eigenvalue weighted by atomic mass is 9.98. The first-order valence-electron chi connectivity index (χ1n) is 11.0. The quantitative estimate of drug-likeness (QED) is 0.339. The largest absolute Gasteiger partial charge is 0.303 e. The second kappa shape index (κ2) is 12.9. The molecule has 29 heavy (non-hydrogen) atoms. The van der Waals surface area contributed by atoms with Crippen LogP contribution >= 0.6 is 12.4 Å². The molecule has 2 saturated heterocycles. The van der Waals surface area contributed by atoms with E-state index in [1.54, 1.807) is 6.08 Å². The molecule has 2 heterocycles. The minimum absolute atomic E-state index is 0. The topological polar surface area (TPSA) is 40.6 Å². The van der Waals surface area contributed by atoms with Crippen molar-refractivity contribution in [1.82, 2.24) is 9.80 Å². The Balaban J connectivity index is 0.00000300. The van der Waals surface area contributed by atoms with E-state index in [4.69, 9.17) is 0 Å². The Labute approximate surface area is 181 Å². The maximum absolute atomic E-state index is 13.0. The molecule has 0 N–H and O–H groups in total. The molecule has 1 aromatic carbocycles. The lowest BCUT2D eigenvalue weighted by Gasteiger charge is -2.26. The van der Waals surface area contributed by atoms with Gasteiger partial charge in [0.25, 0.3) is 0 Å². The van der Waals surface area contributed by atoms with Gasteiger partial charge in [-0.05, 0) is 63.5 Å². The highest BCUT2D eigenvalue weighted by Gasteiger charge is 2.21. The van der Waals surface area contributed by atoms with Crippen LogP contribution in [-0.2, 0) is 9.59 Å². The summed E-state index contributed by atoms with van der Waals surface area (Å²) in [5.41, 5.74) is 1.32. The molecule has 1 aromatic rings. The van der Waals surface area contributed by atoms with Crippen LogP contribution in [-0.4, -0.2) is 60.6 Å². The predicted molar refractivity (Wildman–Crippen MR) is 121 cm³/mol. The van der Waals surface area contributed by atoms with Crippen molar-refractivity contribution in [2.45, 2.75) is 51.4 Å². The lowest BCUT2D eigenvalue weighted by molar-refractivity contribution is -0.121. The molecular weight excluding hydrogens is 384 g/mol. The van der Waals surface area contributed by atoms with Crippen LogP contribution in [0.2, 0.25) is 0 Å². The zero-order chi connectivity index (χ0) is 19.6. The third kappa shape index (κ3) is 8.04. The van der Waals surface area contributed by atoms with E-state index in [2.05, 4.69) is 9.80 Å². The molecule has 0 unspecified atom stereocenters. The van der Waals surface area contributed by atoms with Crippen molar-refractivity contribution in [3.63, 3.8) is 0 Å². The number of hydrogen-bond donors (Lipinski definition) is 0.